The van der Waals surface area contributed by atoms with Crippen LogP contribution in [0.1, 0.15) is 17.5 Å². The number of esters is 1. The van der Waals surface area contributed by atoms with Crippen LogP contribution in [0.25, 0.3) is 6.08 Å². The summed E-state index contributed by atoms with van der Waals surface area (Å²) in [5.74, 6) is -0.376. The molecule has 1 aromatic carbocycles. The first-order valence-electron chi connectivity index (χ1n) is 7.42. The predicted octanol–water partition coefficient (Wildman–Crippen LogP) is 3.87. The third-order valence-corrected chi connectivity index (χ3v) is 3.12. The molecule has 0 spiro atoms. The van der Waals surface area contributed by atoms with E-state index in [0.717, 1.165) is 18.4 Å². The normalized spacial score (nSPS) is 11.0. The van der Waals surface area contributed by atoms with Gasteiger partial charge in [-0.15, -0.1) is 0 Å². The fourth-order valence-corrected chi connectivity index (χ4v) is 1.97. The highest BCUT2D eigenvalue weighted by Crippen LogP contribution is 2.15. The van der Waals surface area contributed by atoms with Crippen molar-refractivity contribution in [2.75, 3.05) is 6.61 Å². The zero-order chi connectivity index (χ0) is 17.2. The van der Waals surface area contributed by atoms with E-state index >= 15 is 0 Å². The number of carbonyl (C=O) groups is 1. The van der Waals surface area contributed by atoms with E-state index < -0.39 is 12.6 Å². The second kappa shape index (κ2) is 9.39. The van der Waals surface area contributed by atoms with Gasteiger partial charge in [-0.2, -0.15) is 8.78 Å². The quantitative estimate of drug-likeness (QED) is 0.418. The number of halogens is 2. The molecule has 0 amide bonds. The summed E-state index contributed by atoms with van der Waals surface area (Å²) >= 11 is 0. The SMILES string of the molecule is O=C(/C=C/c1ccc(OC(F)F)cc1)OCCCc1ccncc1. The van der Waals surface area contributed by atoms with Gasteiger partial charge in [0.05, 0.1) is 6.61 Å². The molecule has 0 atom stereocenters. The van der Waals surface area contributed by atoms with E-state index in [-0.39, 0.29) is 5.75 Å². The van der Waals surface area contributed by atoms with E-state index in [4.69, 9.17) is 4.74 Å². The molecule has 6 heteroatoms. The minimum absolute atomic E-state index is 0.0702. The maximum atomic E-state index is 12.0. The number of carbonyl (C=O) groups excluding carboxylic acids is 1. The van der Waals surface area contributed by atoms with Crippen LogP contribution in [-0.2, 0) is 16.0 Å². The van der Waals surface area contributed by atoms with Crippen LogP contribution in [0.4, 0.5) is 8.78 Å². The van der Waals surface area contributed by atoms with Gasteiger partial charge in [0.15, 0.2) is 0 Å². The van der Waals surface area contributed by atoms with Crippen LogP contribution in [0, 0.1) is 0 Å². The Labute approximate surface area is 138 Å². The molecule has 0 N–H and O–H groups in total. The van der Waals surface area contributed by atoms with Crippen LogP contribution in [-0.4, -0.2) is 24.2 Å². The summed E-state index contributed by atoms with van der Waals surface area (Å²) in [6, 6.07) is 9.81. The van der Waals surface area contributed by atoms with Gasteiger partial charge in [-0.05, 0) is 54.3 Å². The molecule has 0 saturated heterocycles. The monoisotopic (exact) mass is 333 g/mol. The zero-order valence-electron chi connectivity index (χ0n) is 12.9. The Morgan fingerprint density at radius 3 is 2.50 bits per heavy atom. The highest BCUT2D eigenvalue weighted by Gasteiger charge is 2.03. The van der Waals surface area contributed by atoms with Crippen molar-refractivity contribution in [2.24, 2.45) is 0 Å². The van der Waals surface area contributed by atoms with E-state index in [2.05, 4.69) is 9.72 Å². The van der Waals surface area contributed by atoms with Gasteiger partial charge in [0.1, 0.15) is 5.75 Å². The number of pyridine rings is 1. The van der Waals surface area contributed by atoms with Crippen molar-refractivity contribution in [2.45, 2.75) is 19.5 Å². The Morgan fingerprint density at radius 2 is 1.83 bits per heavy atom. The average molecular weight is 333 g/mol. The molecule has 0 saturated carbocycles. The van der Waals surface area contributed by atoms with Crippen molar-refractivity contribution in [1.29, 1.82) is 0 Å². The lowest BCUT2D eigenvalue weighted by atomic mass is 10.1. The van der Waals surface area contributed by atoms with Crippen molar-refractivity contribution in [3.05, 3.63) is 66.0 Å². The predicted molar refractivity (Wildman–Crippen MR) is 85.6 cm³/mol. The molecular weight excluding hydrogens is 316 g/mol. The lowest BCUT2D eigenvalue weighted by Gasteiger charge is -2.04. The highest BCUT2D eigenvalue weighted by atomic mass is 19.3. The Morgan fingerprint density at radius 1 is 1.12 bits per heavy atom. The van der Waals surface area contributed by atoms with Gasteiger partial charge in [0, 0.05) is 18.5 Å². The van der Waals surface area contributed by atoms with Crippen LogP contribution in [0.5, 0.6) is 5.75 Å². The van der Waals surface area contributed by atoms with Crippen molar-refractivity contribution < 1.29 is 23.0 Å². The number of alkyl halides is 2. The van der Waals surface area contributed by atoms with E-state index in [0.29, 0.717) is 12.2 Å². The first kappa shape index (κ1) is 17.6. The fourth-order valence-electron chi connectivity index (χ4n) is 1.97. The number of hydrogen-bond donors (Lipinski definition) is 0. The topological polar surface area (TPSA) is 48.4 Å². The summed E-state index contributed by atoms with van der Waals surface area (Å²) in [6.45, 7) is -2.53. The summed E-state index contributed by atoms with van der Waals surface area (Å²) in [7, 11) is 0. The van der Waals surface area contributed by atoms with Gasteiger partial charge in [-0.25, -0.2) is 4.79 Å². The molecule has 2 rings (SSSR count). The molecule has 0 bridgehead atoms. The molecule has 126 valence electrons. The molecule has 1 aromatic heterocycles. The Kier molecular flexibility index (Phi) is 6.89. The summed E-state index contributed by atoms with van der Waals surface area (Å²) in [5.41, 5.74) is 1.83. The first-order valence-corrected chi connectivity index (χ1v) is 7.42. The molecular formula is C18H17F2NO3. The lowest BCUT2D eigenvalue weighted by molar-refractivity contribution is -0.137. The van der Waals surface area contributed by atoms with E-state index in [1.807, 2.05) is 12.1 Å². The van der Waals surface area contributed by atoms with Crippen LogP contribution >= 0.6 is 0 Å². The molecule has 0 aliphatic carbocycles. The van der Waals surface area contributed by atoms with Crippen LogP contribution in [0.2, 0.25) is 0 Å². The average Bonchev–Trinajstić information content (AvgIpc) is 2.58. The van der Waals surface area contributed by atoms with Gasteiger partial charge in [0.25, 0.3) is 0 Å². The molecule has 1 heterocycles. The Hall–Kier alpha value is -2.76. The number of ether oxygens (including phenoxy) is 2. The van der Waals surface area contributed by atoms with Crippen molar-refractivity contribution in [1.82, 2.24) is 4.98 Å². The summed E-state index contributed by atoms with van der Waals surface area (Å²) in [6.07, 6.45) is 7.84. The van der Waals surface area contributed by atoms with Gasteiger partial charge < -0.3 is 9.47 Å². The van der Waals surface area contributed by atoms with Gasteiger partial charge in [-0.1, -0.05) is 12.1 Å². The third kappa shape index (κ3) is 6.56. The minimum atomic E-state index is -2.85. The fraction of sp³-hybridized carbons (Fsp3) is 0.222. The van der Waals surface area contributed by atoms with Crippen molar-refractivity contribution >= 4 is 12.0 Å². The molecule has 4 nitrogen and oxygen atoms in total. The van der Waals surface area contributed by atoms with E-state index in [1.165, 1.54) is 18.2 Å². The van der Waals surface area contributed by atoms with E-state index in [1.54, 1.807) is 30.6 Å². The number of nitrogens with zero attached hydrogens (tertiary/aromatic N) is 1. The minimum Gasteiger partial charge on any atom is -0.463 e. The summed E-state index contributed by atoms with van der Waals surface area (Å²) in [4.78, 5) is 15.5. The Bertz CT molecular complexity index is 658. The number of aryl methyl sites for hydroxylation is 1. The van der Waals surface area contributed by atoms with Crippen molar-refractivity contribution in [3.8, 4) is 5.75 Å². The molecule has 2 aromatic rings. The number of benzene rings is 1. The molecule has 24 heavy (non-hydrogen) atoms. The number of aromatic nitrogens is 1. The van der Waals surface area contributed by atoms with Crippen LogP contribution in [0.15, 0.2) is 54.9 Å². The lowest BCUT2D eigenvalue weighted by Crippen LogP contribution is -2.03. The number of hydrogen-bond acceptors (Lipinski definition) is 4. The van der Waals surface area contributed by atoms with Gasteiger partial charge in [0.2, 0.25) is 0 Å². The first-order chi connectivity index (χ1) is 11.6. The van der Waals surface area contributed by atoms with Crippen LogP contribution in [0.3, 0.4) is 0 Å². The summed E-state index contributed by atoms with van der Waals surface area (Å²) < 4.78 is 33.4. The third-order valence-electron chi connectivity index (χ3n) is 3.12. The number of rotatable bonds is 8. The zero-order valence-corrected chi connectivity index (χ0v) is 12.9. The standard InChI is InChI=1S/C18H17F2NO3/c19-18(20)24-16-6-3-15(4-7-16)5-8-17(22)23-13-1-2-14-9-11-21-12-10-14/h3-12,18H,1-2,13H2/b8-5+. The molecule has 0 aliphatic heterocycles. The van der Waals surface area contributed by atoms with Crippen molar-refractivity contribution in [3.63, 3.8) is 0 Å². The van der Waals surface area contributed by atoms with E-state index in [9.17, 15) is 13.6 Å². The second-order valence-corrected chi connectivity index (χ2v) is 4.91. The smallest absolute Gasteiger partial charge is 0.387 e. The molecule has 0 radical (unpaired) electrons. The second-order valence-electron chi connectivity index (χ2n) is 4.91. The molecule has 0 aliphatic rings. The maximum absolute atomic E-state index is 12.0. The Balaban J connectivity index is 1.70. The van der Waals surface area contributed by atoms with Crippen LogP contribution < -0.4 is 4.74 Å². The highest BCUT2D eigenvalue weighted by molar-refractivity contribution is 5.87. The van der Waals surface area contributed by atoms with Gasteiger partial charge >= 0.3 is 12.6 Å². The summed E-state index contributed by atoms with van der Waals surface area (Å²) in [5, 5.41) is 0. The van der Waals surface area contributed by atoms with Gasteiger partial charge in [-0.3, -0.25) is 4.98 Å². The largest absolute Gasteiger partial charge is 0.463 e. The molecule has 0 fully saturated rings. The molecule has 0 unspecified atom stereocenters. The maximum Gasteiger partial charge on any atom is 0.387 e.